The van der Waals surface area contributed by atoms with Crippen LogP contribution in [0.5, 0.6) is 0 Å². The van der Waals surface area contributed by atoms with E-state index in [1.54, 1.807) is 30.3 Å². The third-order valence-corrected chi connectivity index (χ3v) is 3.48. The molecule has 0 spiro atoms. The highest BCUT2D eigenvalue weighted by molar-refractivity contribution is 6.40. The lowest BCUT2D eigenvalue weighted by atomic mass is 10.1. The maximum atomic E-state index is 11.8. The van der Waals surface area contributed by atoms with Gasteiger partial charge < -0.3 is 28.4 Å². The molecule has 0 amide bonds. The predicted molar refractivity (Wildman–Crippen MR) is 102 cm³/mol. The van der Waals surface area contributed by atoms with Crippen LogP contribution in [-0.2, 0) is 38.0 Å². The van der Waals surface area contributed by atoms with Gasteiger partial charge >= 0.3 is 11.9 Å². The number of ether oxygens (including phenoxy) is 6. The molecular formula is C20H28O9. The van der Waals surface area contributed by atoms with E-state index in [1.807, 2.05) is 0 Å². The number of hydrogen-bond acceptors (Lipinski definition) is 9. The number of benzene rings is 1. The molecule has 9 heteroatoms. The molecular weight excluding hydrogens is 384 g/mol. The predicted octanol–water partition coefficient (Wildman–Crippen LogP) is 1.04. The van der Waals surface area contributed by atoms with Crippen LogP contribution in [0.25, 0.3) is 0 Å². The molecule has 0 fully saturated rings. The molecule has 0 atom stereocenters. The minimum Gasteiger partial charge on any atom is -0.469 e. The van der Waals surface area contributed by atoms with E-state index < -0.39 is 11.8 Å². The number of ketones is 1. The first-order chi connectivity index (χ1) is 14.1. The molecule has 0 unspecified atom stereocenters. The Morgan fingerprint density at radius 2 is 1.17 bits per heavy atom. The second kappa shape index (κ2) is 16.6. The van der Waals surface area contributed by atoms with Crippen molar-refractivity contribution in [1.29, 1.82) is 0 Å². The quantitative estimate of drug-likeness (QED) is 0.161. The summed E-state index contributed by atoms with van der Waals surface area (Å²) < 4.78 is 30.4. The van der Waals surface area contributed by atoms with Crippen LogP contribution in [0.3, 0.4) is 0 Å². The zero-order valence-corrected chi connectivity index (χ0v) is 16.6. The molecule has 0 aliphatic rings. The molecule has 0 saturated carbocycles. The number of methoxy groups -OCH3 is 1. The van der Waals surface area contributed by atoms with Gasteiger partial charge in [-0.25, -0.2) is 4.79 Å². The van der Waals surface area contributed by atoms with Crippen molar-refractivity contribution in [3.05, 3.63) is 35.9 Å². The van der Waals surface area contributed by atoms with Crippen LogP contribution in [0.15, 0.2) is 30.3 Å². The van der Waals surface area contributed by atoms with E-state index in [9.17, 15) is 14.4 Å². The Kier molecular flexibility index (Phi) is 14.2. The summed E-state index contributed by atoms with van der Waals surface area (Å²) in [5.74, 6) is -1.88. The first kappa shape index (κ1) is 24.7. The highest BCUT2D eigenvalue weighted by Crippen LogP contribution is 2.01. The number of carbonyl (C=O) groups excluding carboxylic acids is 3. The lowest BCUT2D eigenvalue weighted by molar-refractivity contribution is -0.142. The fourth-order valence-electron chi connectivity index (χ4n) is 1.99. The number of hydrogen-bond donors (Lipinski definition) is 0. The van der Waals surface area contributed by atoms with E-state index in [0.717, 1.165) is 0 Å². The molecule has 1 aromatic carbocycles. The van der Waals surface area contributed by atoms with Crippen molar-refractivity contribution < 1.29 is 42.8 Å². The van der Waals surface area contributed by atoms with Gasteiger partial charge in [-0.3, -0.25) is 9.59 Å². The highest BCUT2D eigenvalue weighted by Gasteiger charge is 2.16. The molecule has 1 rings (SSSR count). The SMILES string of the molecule is COC(=O)CCOCCOCCOCCOCCOC(=O)C(=O)c1ccccc1. The van der Waals surface area contributed by atoms with E-state index >= 15 is 0 Å². The first-order valence-electron chi connectivity index (χ1n) is 9.29. The molecule has 0 bridgehead atoms. The lowest BCUT2D eigenvalue weighted by Gasteiger charge is -2.08. The molecule has 162 valence electrons. The van der Waals surface area contributed by atoms with Crippen LogP contribution in [-0.4, -0.2) is 84.3 Å². The summed E-state index contributed by atoms with van der Waals surface area (Å²) in [4.78, 5) is 34.2. The molecule has 0 aromatic heterocycles. The average molecular weight is 412 g/mol. The summed E-state index contributed by atoms with van der Waals surface area (Å²) in [5.41, 5.74) is 0.293. The van der Waals surface area contributed by atoms with Crippen molar-refractivity contribution in [2.45, 2.75) is 6.42 Å². The van der Waals surface area contributed by atoms with Gasteiger partial charge in [0.2, 0.25) is 0 Å². The average Bonchev–Trinajstić information content (AvgIpc) is 2.76. The highest BCUT2D eigenvalue weighted by atomic mass is 16.6. The maximum absolute atomic E-state index is 11.8. The van der Waals surface area contributed by atoms with Gasteiger partial charge in [0.15, 0.2) is 0 Å². The largest absolute Gasteiger partial charge is 0.469 e. The van der Waals surface area contributed by atoms with E-state index in [4.69, 9.17) is 23.7 Å². The van der Waals surface area contributed by atoms with E-state index in [1.165, 1.54) is 7.11 Å². The Hall–Kier alpha value is -2.33. The topological polar surface area (TPSA) is 107 Å². The molecule has 9 nitrogen and oxygen atoms in total. The lowest BCUT2D eigenvalue weighted by Crippen LogP contribution is -2.20. The second-order valence-corrected chi connectivity index (χ2v) is 5.61. The van der Waals surface area contributed by atoms with Gasteiger partial charge in [-0.2, -0.15) is 0 Å². The van der Waals surface area contributed by atoms with Crippen LogP contribution in [0.4, 0.5) is 0 Å². The Bertz CT molecular complexity index is 589. The number of rotatable bonds is 17. The van der Waals surface area contributed by atoms with Gasteiger partial charge in [0.05, 0.1) is 66.4 Å². The van der Waals surface area contributed by atoms with Crippen LogP contribution in [0.1, 0.15) is 16.8 Å². The fraction of sp³-hybridized carbons (Fsp3) is 0.550. The minimum atomic E-state index is -0.900. The molecule has 1 aromatic rings. The van der Waals surface area contributed by atoms with Gasteiger partial charge in [-0.05, 0) is 0 Å². The van der Waals surface area contributed by atoms with Gasteiger partial charge in [-0.15, -0.1) is 0 Å². The Morgan fingerprint density at radius 1 is 0.690 bits per heavy atom. The van der Waals surface area contributed by atoms with Crippen molar-refractivity contribution in [2.24, 2.45) is 0 Å². The molecule has 29 heavy (non-hydrogen) atoms. The molecule has 0 saturated heterocycles. The molecule has 0 radical (unpaired) electrons. The van der Waals surface area contributed by atoms with Crippen LogP contribution in [0, 0.1) is 0 Å². The van der Waals surface area contributed by atoms with Crippen LogP contribution >= 0.6 is 0 Å². The van der Waals surface area contributed by atoms with Crippen molar-refractivity contribution in [1.82, 2.24) is 0 Å². The van der Waals surface area contributed by atoms with E-state index in [-0.39, 0.29) is 25.6 Å². The Morgan fingerprint density at radius 3 is 1.69 bits per heavy atom. The molecule has 0 heterocycles. The monoisotopic (exact) mass is 412 g/mol. The molecule has 0 N–H and O–H groups in total. The van der Waals surface area contributed by atoms with E-state index in [2.05, 4.69) is 4.74 Å². The van der Waals surface area contributed by atoms with Gasteiger partial charge in [0.1, 0.15) is 6.61 Å². The van der Waals surface area contributed by atoms with Crippen molar-refractivity contribution in [3.8, 4) is 0 Å². The van der Waals surface area contributed by atoms with Gasteiger partial charge in [0.25, 0.3) is 5.78 Å². The van der Waals surface area contributed by atoms with Crippen molar-refractivity contribution in [2.75, 3.05) is 66.6 Å². The normalized spacial score (nSPS) is 10.5. The zero-order valence-electron chi connectivity index (χ0n) is 16.6. The maximum Gasteiger partial charge on any atom is 0.379 e. The Balaban J connectivity index is 1.84. The molecule has 0 aliphatic heterocycles. The second-order valence-electron chi connectivity index (χ2n) is 5.61. The van der Waals surface area contributed by atoms with E-state index in [0.29, 0.717) is 51.8 Å². The summed E-state index contributed by atoms with van der Waals surface area (Å²) >= 11 is 0. The number of Topliss-reactive ketones (excluding diaryl/α,β-unsaturated/α-hetero) is 1. The Labute approximate surface area is 170 Å². The zero-order chi connectivity index (χ0) is 21.2. The number of carbonyl (C=O) groups is 3. The fourth-order valence-corrected chi connectivity index (χ4v) is 1.99. The molecule has 0 aliphatic carbocycles. The van der Waals surface area contributed by atoms with Gasteiger partial charge in [-0.1, -0.05) is 30.3 Å². The third-order valence-electron chi connectivity index (χ3n) is 3.48. The standard InChI is InChI=1S/C20H28O9/c1-24-18(21)7-8-25-9-10-26-11-12-27-13-14-28-15-16-29-20(23)19(22)17-5-3-2-4-6-17/h2-6H,7-16H2,1H3. The smallest absolute Gasteiger partial charge is 0.379 e. The summed E-state index contributed by atoms with van der Waals surface area (Å²) in [6.07, 6.45) is 0.224. The van der Waals surface area contributed by atoms with Gasteiger partial charge in [0, 0.05) is 5.56 Å². The minimum absolute atomic E-state index is 0.00348. The summed E-state index contributed by atoms with van der Waals surface area (Å²) in [6.45, 7) is 2.81. The summed E-state index contributed by atoms with van der Waals surface area (Å²) in [5, 5.41) is 0. The summed E-state index contributed by atoms with van der Waals surface area (Å²) in [6, 6.07) is 8.22. The van der Waals surface area contributed by atoms with Crippen LogP contribution < -0.4 is 0 Å². The number of esters is 2. The van der Waals surface area contributed by atoms with Crippen LogP contribution in [0.2, 0.25) is 0 Å². The first-order valence-corrected chi connectivity index (χ1v) is 9.29. The van der Waals surface area contributed by atoms with Crippen molar-refractivity contribution in [3.63, 3.8) is 0 Å². The van der Waals surface area contributed by atoms with Crippen molar-refractivity contribution >= 4 is 17.7 Å². The summed E-state index contributed by atoms with van der Waals surface area (Å²) in [7, 11) is 1.33. The third kappa shape index (κ3) is 12.7.